The molecular formula is C18H20ClN3O. The molecule has 0 atom stereocenters. The third-order valence-corrected chi connectivity index (χ3v) is 4.21. The maximum absolute atomic E-state index is 12.1. The second kappa shape index (κ2) is 7.49. The molecule has 0 unspecified atom stereocenters. The summed E-state index contributed by atoms with van der Waals surface area (Å²) in [4.78, 5) is 16.6. The molecule has 1 aliphatic rings. The Bertz CT molecular complexity index is 654. The number of hydrogen-bond acceptors (Lipinski definition) is 3. The van der Waals surface area contributed by atoms with Gasteiger partial charge in [-0.05, 0) is 30.3 Å². The zero-order valence-corrected chi connectivity index (χ0v) is 13.7. The minimum Gasteiger partial charge on any atom is -0.369 e. The van der Waals surface area contributed by atoms with Gasteiger partial charge in [-0.15, -0.1) is 0 Å². The number of rotatable bonds is 4. The lowest BCUT2D eigenvalue weighted by atomic mass is 10.2. The Hall–Kier alpha value is -2.04. The first-order chi connectivity index (χ1) is 11.2. The van der Waals surface area contributed by atoms with Crippen LogP contribution in [-0.4, -0.2) is 43.5 Å². The second-order valence-corrected chi connectivity index (χ2v) is 6.09. The van der Waals surface area contributed by atoms with E-state index in [1.54, 1.807) is 0 Å². The van der Waals surface area contributed by atoms with Crippen molar-refractivity contribution in [2.45, 2.75) is 0 Å². The van der Waals surface area contributed by atoms with E-state index in [9.17, 15) is 4.79 Å². The van der Waals surface area contributed by atoms with E-state index >= 15 is 0 Å². The number of hydrogen-bond donors (Lipinski definition) is 1. The van der Waals surface area contributed by atoms with Gasteiger partial charge in [0.25, 0.3) is 0 Å². The van der Waals surface area contributed by atoms with Crippen molar-refractivity contribution in [2.75, 3.05) is 42.9 Å². The van der Waals surface area contributed by atoms with Gasteiger partial charge in [0.2, 0.25) is 5.91 Å². The Morgan fingerprint density at radius 2 is 1.74 bits per heavy atom. The third-order valence-electron chi connectivity index (χ3n) is 3.97. The number of carbonyl (C=O) groups excluding carboxylic acids is 1. The second-order valence-electron chi connectivity index (χ2n) is 5.66. The van der Waals surface area contributed by atoms with Gasteiger partial charge in [0.1, 0.15) is 0 Å². The van der Waals surface area contributed by atoms with E-state index in [-0.39, 0.29) is 5.91 Å². The monoisotopic (exact) mass is 329 g/mol. The first-order valence-corrected chi connectivity index (χ1v) is 8.16. The highest BCUT2D eigenvalue weighted by Gasteiger charge is 2.19. The molecule has 0 aliphatic carbocycles. The van der Waals surface area contributed by atoms with E-state index < -0.39 is 0 Å². The van der Waals surface area contributed by atoms with E-state index in [0.29, 0.717) is 6.54 Å². The van der Waals surface area contributed by atoms with Crippen molar-refractivity contribution in [1.82, 2.24) is 4.90 Å². The molecule has 120 valence electrons. The summed E-state index contributed by atoms with van der Waals surface area (Å²) in [6, 6.07) is 17.5. The number of carbonyl (C=O) groups is 1. The van der Waals surface area contributed by atoms with Crippen molar-refractivity contribution in [3.05, 3.63) is 59.6 Å². The average molecular weight is 330 g/mol. The van der Waals surface area contributed by atoms with Gasteiger partial charge in [0.05, 0.1) is 6.54 Å². The van der Waals surface area contributed by atoms with Crippen LogP contribution in [0.3, 0.4) is 0 Å². The number of halogens is 1. The summed E-state index contributed by atoms with van der Waals surface area (Å²) in [5.74, 6) is 0.0346. The van der Waals surface area contributed by atoms with Crippen molar-refractivity contribution >= 4 is 28.9 Å². The van der Waals surface area contributed by atoms with E-state index in [4.69, 9.17) is 11.6 Å². The SMILES string of the molecule is O=C(CN1CCN(c2cccc(Cl)c2)CC1)Nc1ccccc1. The molecule has 2 aromatic carbocycles. The fourth-order valence-electron chi connectivity index (χ4n) is 2.76. The molecule has 0 aromatic heterocycles. The number of nitrogens with one attached hydrogen (secondary N) is 1. The molecule has 0 saturated carbocycles. The van der Waals surface area contributed by atoms with E-state index in [1.807, 2.05) is 48.5 Å². The summed E-state index contributed by atoms with van der Waals surface area (Å²) in [6.45, 7) is 3.97. The molecule has 1 N–H and O–H groups in total. The van der Waals surface area contributed by atoms with Crippen LogP contribution in [-0.2, 0) is 4.79 Å². The predicted octanol–water partition coefficient (Wildman–Crippen LogP) is 3.10. The van der Waals surface area contributed by atoms with Crippen molar-refractivity contribution in [3.63, 3.8) is 0 Å². The third kappa shape index (κ3) is 4.47. The molecule has 1 saturated heterocycles. The number of piperazine rings is 1. The molecule has 0 bridgehead atoms. The van der Waals surface area contributed by atoms with Crippen molar-refractivity contribution in [3.8, 4) is 0 Å². The largest absolute Gasteiger partial charge is 0.369 e. The summed E-state index contributed by atoms with van der Waals surface area (Å²) in [5.41, 5.74) is 1.99. The maximum Gasteiger partial charge on any atom is 0.238 e. The first-order valence-electron chi connectivity index (χ1n) is 7.78. The van der Waals surface area contributed by atoms with Gasteiger partial charge in [-0.1, -0.05) is 35.9 Å². The Morgan fingerprint density at radius 1 is 1.00 bits per heavy atom. The summed E-state index contributed by atoms with van der Waals surface area (Å²) in [6.07, 6.45) is 0. The van der Waals surface area contributed by atoms with Crippen LogP contribution in [0.2, 0.25) is 5.02 Å². The molecule has 1 amide bonds. The highest BCUT2D eigenvalue weighted by Crippen LogP contribution is 2.20. The number of nitrogens with zero attached hydrogens (tertiary/aromatic N) is 2. The van der Waals surface area contributed by atoms with E-state index in [0.717, 1.165) is 42.6 Å². The smallest absolute Gasteiger partial charge is 0.238 e. The number of anilines is 2. The zero-order valence-electron chi connectivity index (χ0n) is 12.9. The number of para-hydroxylation sites is 1. The van der Waals surface area contributed by atoms with Crippen LogP contribution in [0, 0.1) is 0 Å². The van der Waals surface area contributed by atoms with E-state index in [1.165, 1.54) is 0 Å². The molecule has 0 radical (unpaired) electrons. The molecule has 0 spiro atoms. The van der Waals surface area contributed by atoms with Gasteiger partial charge in [-0.3, -0.25) is 9.69 Å². The fraction of sp³-hybridized carbons (Fsp3) is 0.278. The summed E-state index contributed by atoms with van der Waals surface area (Å²) in [5, 5.41) is 3.68. The van der Waals surface area contributed by atoms with Gasteiger partial charge < -0.3 is 10.2 Å². The fourth-order valence-corrected chi connectivity index (χ4v) is 2.95. The highest BCUT2D eigenvalue weighted by atomic mass is 35.5. The van der Waals surface area contributed by atoms with Crippen LogP contribution in [0.4, 0.5) is 11.4 Å². The molecule has 2 aromatic rings. The molecule has 1 heterocycles. The summed E-state index contributed by atoms with van der Waals surface area (Å²) >= 11 is 6.05. The zero-order chi connectivity index (χ0) is 16.1. The number of amides is 1. The van der Waals surface area contributed by atoms with Gasteiger partial charge in [-0.2, -0.15) is 0 Å². The van der Waals surface area contributed by atoms with Crippen molar-refractivity contribution < 1.29 is 4.79 Å². The highest BCUT2D eigenvalue weighted by molar-refractivity contribution is 6.30. The molecule has 3 rings (SSSR count). The molecule has 4 nitrogen and oxygen atoms in total. The summed E-state index contributed by atoms with van der Waals surface area (Å²) < 4.78 is 0. The lowest BCUT2D eigenvalue weighted by Gasteiger charge is -2.35. The average Bonchev–Trinajstić information content (AvgIpc) is 2.56. The molecule has 23 heavy (non-hydrogen) atoms. The van der Waals surface area contributed by atoms with Crippen LogP contribution in [0.5, 0.6) is 0 Å². The van der Waals surface area contributed by atoms with Crippen LogP contribution in [0.1, 0.15) is 0 Å². The van der Waals surface area contributed by atoms with Gasteiger partial charge >= 0.3 is 0 Å². The standard InChI is InChI=1S/C18H20ClN3O/c19-15-5-4-8-17(13-15)22-11-9-21(10-12-22)14-18(23)20-16-6-2-1-3-7-16/h1-8,13H,9-12,14H2,(H,20,23). The normalized spacial score (nSPS) is 15.4. The maximum atomic E-state index is 12.1. The molecule has 5 heteroatoms. The van der Waals surface area contributed by atoms with Crippen molar-refractivity contribution in [1.29, 1.82) is 0 Å². The minimum atomic E-state index is 0.0346. The molecular weight excluding hydrogens is 310 g/mol. The Balaban J connectivity index is 1.48. The van der Waals surface area contributed by atoms with Crippen LogP contribution in [0.15, 0.2) is 54.6 Å². The minimum absolute atomic E-state index is 0.0346. The molecule has 1 fully saturated rings. The molecule has 1 aliphatic heterocycles. The van der Waals surface area contributed by atoms with Crippen molar-refractivity contribution in [2.24, 2.45) is 0 Å². The Morgan fingerprint density at radius 3 is 2.43 bits per heavy atom. The lowest BCUT2D eigenvalue weighted by molar-refractivity contribution is -0.117. The number of benzene rings is 2. The van der Waals surface area contributed by atoms with Gasteiger partial charge in [0.15, 0.2) is 0 Å². The quantitative estimate of drug-likeness (QED) is 0.936. The van der Waals surface area contributed by atoms with Crippen LogP contribution in [0.25, 0.3) is 0 Å². The van der Waals surface area contributed by atoms with Crippen LogP contribution < -0.4 is 10.2 Å². The Labute approximate surface area is 141 Å². The topological polar surface area (TPSA) is 35.6 Å². The summed E-state index contributed by atoms with van der Waals surface area (Å²) in [7, 11) is 0. The predicted molar refractivity (Wildman–Crippen MR) is 95.2 cm³/mol. The first kappa shape index (κ1) is 15.8. The van der Waals surface area contributed by atoms with Gasteiger partial charge in [0, 0.05) is 42.6 Å². The lowest BCUT2D eigenvalue weighted by Crippen LogP contribution is -2.48. The Kier molecular flexibility index (Phi) is 5.16. The van der Waals surface area contributed by atoms with Crippen LogP contribution >= 0.6 is 11.6 Å². The van der Waals surface area contributed by atoms with E-state index in [2.05, 4.69) is 21.2 Å². The van der Waals surface area contributed by atoms with Gasteiger partial charge in [-0.25, -0.2) is 0 Å².